The highest BCUT2D eigenvalue weighted by Gasteiger charge is 2.59. The normalized spacial score (nSPS) is 27.8. The molecule has 1 saturated heterocycles. The van der Waals surface area contributed by atoms with Crippen molar-refractivity contribution in [1.29, 1.82) is 0 Å². The standard InChI is InChI=1S/C15H28O3Si/c1-8-12-15(4,18-12)14(17-13(16)9-2)11(3)10-19(5,6)7/h12,14H,3,8-10H2,1-2,4-7H3/t12-,14+,15+/m0/s1. The largest absolute Gasteiger partial charge is 0.455 e. The van der Waals surface area contributed by atoms with E-state index < -0.39 is 8.07 Å². The molecule has 3 atom stereocenters. The molecule has 1 aliphatic rings. The van der Waals surface area contributed by atoms with Crippen molar-refractivity contribution < 1.29 is 14.3 Å². The molecule has 0 spiro atoms. The number of esters is 1. The lowest BCUT2D eigenvalue weighted by Crippen LogP contribution is -2.37. The molecule has 0 aromatic carbocycles. The molecule has 110 valence electrons. The Morgan fingerprint density at radius 2 is 2.00 bits per heavy atom. The molecule has 1 aliphatic heterocycles. The summed E-state index contributed by atoms with van der Waals surface area (Å²) in [5.74, 6) is -0.173. The van der Waals surface area contributed by atoms with Crippen molar-refractivity contribution in [3.8, 4) is 0 Å². The number of carbonyl (C=O) groups is 1. The van der Waals surface area contributed by atoms with E-state index in [-0.39, 0.29) is 23.8 Å². The minimum Gasteiger partial charge on any atom is -0.455 e. The van der Waals surface area contributed by atoms with E-state index in [0.29, 0.717) is 6.42 Å². The molecule has 19 heavy (non-hydrogen) atoms. The van der Waals surface area contributed by atoms with Crippen molar-refractivity contribution in [1.82, 2.24) is 0 Å². The Bertz CT molecular complexity index is 359. The highest BCUT2D eigenvalue weighted by molar-refractivity contribution is 6.76. The molecule has 0 aliphatic carbocycles. The van der Waals surface area contributed by atoms with Crippen LogP contribution in [0.4, 0.5) is 0 Å². The summed E-state index contributed by atoms with van der Waals surface area (Å²) in [5.41, 5.74) is 0.649. The lowest BCUT2D eigenvalue weighted by Gasteiger charge is -2.27. The Morgan fingerprint density at radius 1 is 1.42 bits per heavy atom. The van der Waals surface area contributed by atoms with Crippen molar-refractivity contribution in [2.75, 3.05) is 0 Å². The fourth-order valence-corrected chi connectivity index (χ4v) is 4.13. The third-order valence-corrected chi connectivity index (χ3v) is 5.05. The first-order chi connectivity index (χ1) is 8.64. The van der Waals surface area contributed by atoms with Crippen LogP contribution in [0.3, 0.4) is 0 Å². The third kappa shape index (κ3) is 4.18. The number of hydrogen-bond donors (Lipinski definition) is 0. The summed E-state index contributed by atoms with van der Waals surface area (Å²) >= 11 is 0. The van der Waals surface area contributed by atoms with Gasteiger partial charge in [0, 0.05) is 14.5 Å². The van der Waals surface area contributed by atoms with E-state index in [9.17, 15) is 4.79 Å². The molecule has 4 heteroatoms. The van der Waals surface area contributed by atoms with Crippen molar-refractivity contribution in [2.45, 2.75) is 77.1 Å². The van der Waals surface area contributed by atoms with Crippen LogP contribution in [0.25, 0.3) is 0 Å². The quantitative estimate of drug-likeness (QED) is 0.309. The van der Waals surface area contributed by atoms with Gasteiger partial charge in [-0.2, -0.15) is 0 Å². The zero-order chi connectivity index (χ0) is 14.8. The lowest BCUT2D eigenvalue weighted by molar-refractivity contribution is -0.149. The number of epoxide rings is 1. The summed E-state index contributed by atoms with van der Waals surface area (Å²) in [6.45, 7) is 17.0. The second-order valence-corrected chi connectivity index (χ2v) is 12.3. The van der Waals surface area contributed by atoms with Gasteiger partial charge in [0.2, 0.25) is 0 Å². The van der Waals surface area contributed by atoms with Gasteiger partial charge in [-0.1, -0.05) is 40.1 Å². The van der Waals surface area contributed by atoms with Gasteiger partial charge >= 0.3 is 5.97 Å². The first-order valence-corrected chi connectivity index (χ1v) is 10.9. The summed E-state index contributed by atoms with van der Waals surface area (Å²) in [6, 6.07) is 0.962. The van der Waals surface area contributed by atoms with E-state index in [1.54, 1.807) is 0 Å². The minimum absolute atomic E-state index is 0.173. The van der Waals surface area contributed by atoms with Gasteiger partial charge in [-0.3, -0.25) is 4.79 Å². The van der Waals surface area contributed by atoms with Gasteiger partial charge in [0.1, 0.15) is 5.60 Å². The molecular formula is C15H28O3Si. The second-order valence-electron chi connectivity index (χ2n) is 6.82. The highest BCUT2D eigenvalue weighted by Crippen LogP contribution is 2.46. The SMILES string of the molecule is C=C(C[Si](C)(C)C)[C@@H](OC(=O)CC)[C@]1(C)O[C@H]1CC. The lowest BCUT2D eigenvalue weighted by atomic mass is 9.94. The van der Waals surface area contributed by atoms with Gasteiger partial charge in [-0.15, -0.1) is 0 Å². The first-order valence-electron chi connectivity index (χ1n) is 7.19. The maximum atomic E-state index is 11.7. The molecule has 3 nitrogen and oxygen atoms in total. The maximum Gasteiger partial charge on any atom is 0.306 e. The molecule has 0 aromatic rings. The minimum atomic E-state index is -1.27. The Hall–Kier alpha value is -0.613. The molecule has 1 rings (SSSR count). The van der Waals surface area contributed by atoms with Crippen LogP contribution in [0.2, 0.25) is 25.7 Å². The van der Waals surface area contributed by atoms with Crippen LogP contribution in [-0.2, 0) is 14.3 Å². The second kappa shape index (κ2) is 5.79. The summed E-state index contributed by atoms with van der Waals surface area (Å²) in [5, 5.41) is 0. The van der Waals surface area contributed by atoms with Crippen LogP contribution < -0.4 is 0 Å². The van der Waals surface area contributed by atoms with E-state index >= 15 is 0 Å². The first kappa shape index (κ1) is 16.4. The van der Waals surface area contributed by atoms with Gasteiger partial charge in [-0.05, 0) is 25.0 Å². The van der Waals surface area contributed by atoms with Gasteiger partial charge in [0.25, 0.3) is 0 Å². The van der Waals surface area contributed by atoms with Gasteiger partial charge in [-0.25, -0.2) is 0 Å². The van der Waals surface area contributed by atoms with Crippen molar-refractivity contribution in [3.05, 3.63) is 12.2 Å². The summed E-state index contributed by atoms with van der Waals surface area (Å²) in [7, 11) is -1.27. The number of rotatable bonds is 7. The van der Waals surface area contributed by atoms with Crippen molar-refractivity contribution >= 4 is 14.0 Å². The van der Waals surface area contributed by atoms with Gasteiger partial charge in [0.05, 0.1) is 6.10 Å². The van der Waals surface area contributed by atoms with Crippen LogP contribution in [-0.4, -0.2) is 31.9 Å². The zero-order valence-corrected chi connectivity index (χ0v) is 14.2. The molecule has 0 N–H and O–H groups in total. The zero-order valence-electron chi connectivity index (χ0n) is 13.2. The summed E-state index contributed by atoms with van der Waals surface area (Å²) in [6.07, 6.45) is 1.22. The fourth-order valence-electron chi connectivity index (χ4n) is 2.59. The van der Waals surface area contributed by atoms with E-state index in [1.165, 1.54) is 0 Å². The van der Waals surface area contributed by atoms with Gasteiger partial charge in [0.15, 0.2) is 6.10 Å². The van der Waals surface area contributed by atoms with Crippen LogP contribution in [0.5, 0.6) is 0 Å². The van der Waals surface area contributed by atoms with E-state index in [4.69, 9.17) is 9.47 Å². The average molecular weight is 284 g/mol. The molecule has 1 heterocycles. The number of hydrogen-bond acceptors (Lipinski definition) is 3. The maximum absolute atomic E-state index is 11.7. The predicted molar refractivity (Wildman–Crippen MR) is 81.0 cm³/mol. The molecule has 1 fully saturated rings. The van der Waals surface area contributed by atoms with Crippen LogP contribution in [0, 0.1) is 0 Å². The smallest absolute Gasteiger partial charge is 0.306 e. The number of ether oxygens (including phenoxy) is 2. The molecule has 0 aromatic heterocycles. The summed E-state index contributed by atoms with van der Waals surface area (Å²) in [4.78, 5) is 11.7. The average Bonchev–Trinajstić information content (AvgIpc) is 2.95. The highest BCUT2D eigenvalue weighted by atomic mass is 28.3. The molecule has 0 unspecified atom stereocenters. The number of carbonyl (C=O) groups excluding carboxylic acids is 1. The van der Waals surface area contributed by atoms with Crippen LogP contribution in [0.1, 0.15) is 33.6 Å². The molecule has 0 radical (unpaired) electrons. The fraction of sp³-hybridized carbons (Fsp3) is 0.800. The monoisotopic (exact) mass is 284 g/mol. The van der Waals surface area contributed by atoms with Crippen LogP contribution >= 0.6 is 0 Å². The van der Waals surface area contributed by atoms with Gasteiger partial charge < -0.3 is 9.47 Å². The predicted octanol–water partition coefficient (Wildman–Crippen LogP) is 3.77. The van der Waals surface area contributed by atoms with E-state index in [2.05, 4.69) is 33.1 Å². The topological polar surface area (TPSA) is 38.8 Å². The van der Waals surface area contributed by atoms with E-state index in [1.807, 2.05) is 13.8 Å². The molecule has 0 saturated carbocycles. The van der Waals surface area contributed by atoms with E-state index in [0.717, 1.165) is 18.0 Å². The molecule has 0 bridgehead atoms. The Kier molecular flexibility index (Phi) is 5.01. The van der Waals surface area contributed by atoms with Crippen LogP contribution in [0.15, 0.2) is 12.2 Å². The Labute approximate surface area is 118 Å². The molecule has 0 amide bonds. The third-order valence-electron chi connectivity index (χ3n) is 3.54. The Balaban J connectivity index is 2.82. The van der Waals surface area contributed by atoms with Crippen molar-refractivity contribution in [2.24, 2.45) is 0 Å². The Morgan fingerprint density at radius 3 is 2.37 bits per heavy atom. The van der Waals surface area contributed by atoms with Crippen molar-refractivity contribution in [3.63, 3.8) is 0 Å². The summed E-state index contributed by atoms with van der Waals surface area (Å²) < 4.78 is 11.4. The molecular weight excluding hydrogens is 256 g/mol.